The minimum atomic E-state index is 0.637. The van der Waals surface area contributed by atoms with E-state index in [1.807, 2.05) is 0 Å². The van der Waals surface area contributed by atoms with Gasteiger partial charge >= 0.3 is 0 Å². The molecule has 0 radical (unpaired) electrons. The first kappa shape index (κ1) is 32.0. The van der Waals surface area contributed by atoms with Gasteiger partial charge in [0, 0.05) is 16.7 Å². The van der Waals surface area contributed by atoms with Gasteiger partial charge in [-0.3, -0.25) is 0 Å². The van der Waals surface area contributed by atoms with E-state index in [0.717, 1.165) is 49.4 Å². The van der Waals surface area contributed by atoms with Crippen molar-refractivity contribution in [1.82, 2.24) is 15.0 Å². The summed E-state index contributed by atoms with van der Waals surface area (Å²) in [7, 11) is 0. The molecule has 10 aromatic carbocycles. The third-order valence-electron chi connectivity index (χ3n) is 11.1. The summed E-state index contributed by atoms with van der Waals surface area (Å²) in [6, 6.07) is 71.2. The highest BCUT2D eigenvalue weighted by Crippen LogP contribution is 2.37. The minimum absolute atomic E-state index is 0.637. The maximum atomic E-state index is 5.26. The highest BCUT2D eigenvalue weighted by atomic mass is 15.0. The zero-order chi connectivity index (χ0) is 37.0. The molecule has 11 aromatic rings. The molecule has 260 valence electrons. The lowest BCUT2D eigenvalue weighted by Crippen LogP contribution is -2.01. The fourth-order valence-electron chi connectivity index (χ4n) is 8.31. The summed E-state index contributed by atoms with van der Waals surface area (Å²) in [4.78, 5) is 15.7. The minimum Gasteiger partial charge on any atom is -0.208 e. The average Bonchev–Trinajstić information content (AvgIpc) is 3.28. The van der Waals surface area contributed by atoms with Gasteiger partial charge in [-0.25, -0.2) is 15.0 Å². The lowest BCUT2D eigenvalue weighted by Gasteiger charge is -2.14. The molecule has 1 heterocycles. The SMILES string of the molecule is c1cc(-c2ccc3cc(-c4cccc5ccccc45)ccc3c2)cc(-c2nc(-c3cccc4ccccc34)nc(-c3cc4ccccc4c4ccccc34)n2)c1. The Balaban J connectivity index is 1.05. The molecular formula is C53H33N3. The molecule has 0 spiro atoms. The van der Waals surface area contributed by atoms with Crippen molar-refractivity contribution in [2.24, 2.45) is 0 Å². The second kappa shape index (κ2) is 13.1. The first-order valence-electron chi connectivity index (χ1n) is 19.0. The predicted octanol–water partition coefficient (Wildman–Crippen LogP) is 14.0. The van der Waals surface area contributed by atoms with Gasteiger partial charge in [-0.1, -0.05) is 176 Å². The van der Waals surface area contributed by atoms with Crippen molar-refractivity contribution >= 4 is 53.9 Å². The number of nitrogens with zero attached hydrogens (tertiary/aromatic N) is 3. The normalized spacial score (nSPS) is 11.6. The zero-order valence-corrected chi connectivity index (χ0v) is 30.4. The van der Waals surface area contributed by atoms with Crippen LogP contribution < -0.4 is 0 Å². The summed E-state index contributed by atoms with van der Waals surface area (Å²) < 4.78 is 0. The molecule has 0 atom stereocenters. The monoisotopic (exact) mass is 711 g/mol. The lowest BCUT2D eigenvalue weighted by atomic mass is 9.94. The van der Waals surface area contributed by atoms with Crippen LogP contribution in [0.25, 0.3) is 110 Å². The summed E-state index contributed by atoms with van der Waals surface area (Å²) in [6.07, 6.45) is 0. The molecule has 11 rings (SSSR count). The van der Waals surface area contributed by atoms with Crippen LogP contribution in [-0.4, -0.2) is 15.0 Å². The molecule has 3 heteroatoms. The van der Waals surface area contributed by atoms with Crippen LogP contribution in [0.2, 0.25) is 0 Å². The van der Waals surface area contributed by atoms with Gasteiger partial charge in [-0.15, -0.1) is 0 Å². The Bertz CT molecular complexity index is 3320. The Kier molecular flexibility index (Phi) is 7.49. The summed E-state index contributed by atoms with van der Waals surface area (Å²) in [5.41, 5.74) is 7.61. The predicted molar refractivity (Wildman–Crippen MR) is 235 cm³/mol. The van der Waals surface area contributed by atoms with Crippen molar-refractivity contribution in [3.63, 3.8) is 0 Å². The molecule has 1 aromatic heterocycles. The third kappa shape index (κ3) is 5.49. The number of benzene rings is 10. The summed E-state index contributed by atoms with van der Waals surface area (Å²) in [6.45, 7) is 0. The van der Waals surface area contributed by atoms with Gasteiger partial charge in [0.25, 0.3) is 0 Å². The zero-order valence-electron chi connectivity index (χ0n) is 30.4. The van der Waals surface area contributed by atoms with Crippen molar-refractivity contribution in [1.29, 1.82) is 0 Å². The molecule has 56 heavy (non-hydrogen) atoms. The molecule has 0 bridgehead atoms. The standard InChI is InChI=1S/C53H33N3/c1-4-19-43-34(12-1)15-10-24-45(43)41-29-28-38-30-37(26-27-39(38)31-41)36-17-9-18-42(32-36)51-54-52(49-25-11-16-35-13-2-5-20-44(35)49)56-53(55-51)50-33-40-14-3-6-21-46(40)47-22-7-8-23-48(47)50/h1-33H. The Morgan fingerprint density at radius 3 is 1.45 bits per heavy atom. The Labute approximate surface area is 324 Å². The number of aromatic nitrogens is 3. The van der Waals surface area contributed by atoms with Crippen LogP contribution in [0.4, 0.5) is 0 Å². The van der Waals surface area contributed by atoms with Crippen molar-refractivity contribution in [3.05, 3.63) is 200 Å². The Morgan fingerprint density at radius 2 is 0.696 bits per heavy atom. The maximum Gasteiger partial charge on any atom is 0.164 e. The highest BCUT2D eigenvalue weighted by Gasteiger charge is 2.18. The molecule has 0 N–H and O–H groups in total. The van der Waals surface area contributed by atoms with E-state index in [1.165, 1.54) is 43.4 Å². The maximum absolute atomic E-state index is 5.26. The molecule has 0 aliphatic rings. The van der Waals surface area contributed by atoms with Crippen LogP contribution >= 0.6 is 0 Å². The van der Waals surface area contributed by atoms with Crippen LogP contribution in [0.5, 0.6) is 0 Å². The third-order valence-corrected chi connectivity index (χ3v) is 11.1. The smallest absolute Gasteiger partial charge is 0.164 e. The molecule has 0 aliphatic heterocycles. The Morgan fingerprint density at radius 1 is 0.214 bits per heavy atom. The molecule has 0 amide bonds. The van der Waals surface area contributed by atoms with Gasteiger partial charge in [0.1, 0.15) is 0 Å². The summed E-state index contributed by atoms with van der Waals surface area (Å²) in [5.74, 6) is 1.94. The number of hydrogen-bond acceptors (Lipinski definition) is 3. The largest absolute Gasteiger partial charge is 0.208 e. The molecule has 0 saturated heterocycles. The van der Waals surface area contributed by atoms with Gasteiger partial charge < -0.3 is 0 Å². The number of fused-ring (bicyclic) bond motifs is 6. The van der Waals surface area contributed by atoms with E-state index in [2.05, 4.69) is 200 Å². The van der Waals surface area contributed by atoms with E-state index < -0.39 is 0 Å². The van der Waals surface area contributed by atoms with E-state index >= 15 is 0 Å². The van der Waals surface area contributed by atoms with Gasteiger partial charge in [-0.2, -0.15) is 0 Å². The molecule has 3 nitrogen and oxygen atoms in total. The quantitative estimate of drug-likeness (QED) is 0.167. The van der Waals surface area contributed by atoms with Crippen molar-refractivity contribution < 1.29 is 0 Å². The van der Waals surface area contributed by atoms with Crippen molar-refractivity contribution in [2.45, 2.75) is 0 Å². The summed E-state index contributed by atoms with van der Waals surface area (Å²) >= 11 is 0. The number of hydrogen-bond donors (Lipinski definition) is 0. The van der Waals surface area contributed by atoms with Crippen LogP contribution in [-0.2, 0) is 0 Å². The molecule has 0 unspecified atom stereocenters. The van der Waals surface area contributed by atoms with E-state index in [0.29, 0.717) is 17.5 Å². The average molecular weight is 712 g/mol. The molecule has 0 fully saturated rings. The van der Waals surface area contributed by atoms with Crippen molar-refractivity contribution in [3.8, 4) is 56.4 Å². The van der Waals surface area contributed by atoms with Gasteiger partial charge in [0.15, 0.2) is 17.5 Å². The van der Waals surface area contributed by atoms with E-state index in [-0.39, 0.29) is 0 Å². The van der Waals surface area contributed by atoms with E-state index in [1.54, 1.807) is 0 Å². The van der Waals surface area contributed by atoms with Crippen LogP contribution in [0.1, 0.15) is 0 Å². The van der Waals surface area contributed by atoms with Crippen LogP contribution in [0, 0.1) is 0 Å². The second-order valence-electron chi connectivity index (χ2n) is 14.4. The van der Waals surface area contributed by atoms with Gasteiger partial charge in [0.05, 0.1) is 0 Å². The summed E-state index contributed by atoms with van der Waals surface area (Å²) in [5, 5.41) is 11.8. The van der Waals surface area contributed by atoms with Crippen LogP contribution in [0.15, 0.2) is 200 Å². The Hall–Kier alpha value is -7.49. The fraction of sp³-hybridized carbons (Fsp3) is 0. The topological polar surface area (TPSA) is 38.7 Å². The van der Waals surface area contributed by atoms with E-state index in [9.17, 15) is 0 Å². The number of rotatable bonds is 5. The van der Waals surface area contributed by atoms with E-state index in [4.69, 9.17) is 15.0 Å². The molecule has 0 aliphatic carbocycles. The molecular weight excluding hydrogens is 679 g/mol. The highest BCUT2D eigenvalue weighted by molar-refractivity contribution is 6.13. The lowest BCUT2D eigenvalue weighted by molar-refractivity contribution is 1.08. The van der Waals surface area contributed by atoms with Gasteiger partial charge in [-0.05, 0) is 100 Å². The first-order chi connectivity index (χ1) is 27.7. The first-order valence-corrected chi connectivity index (χ1v) is 19.0. The molecule has 0 saturated carbocycles. The van der Waals surface area contributed by atoms with Gasteiger partial charge in [0.2, 0.25) is 0 Å². The fourth-order valence-corrected chi connectivity index (χ4v) is 8.31. The second-order valence-corrected chi connectivity index (χ2v) is 14.4. The van der Waals surface area contributed by atoms with Crippen LogP contribution in [0.3, 0.4) is 0 Å². The van der Waals surface area contributed by atoms with Crippen molar-refractivity contribution in [2.75, 3.05) is 0 Å².